The summed E-state index contributed by atoms with van der Waals surface area (Å²) in [5.74, 6) is 1.64. The number of ether oxygens (including phenoxy) is 1. The Bertz CT molecular complexity index is 2090. The van der Waals surface area contributed by atoms with Gasteiger partial charge in [-0.25, -0.2) is 0 Å². The second-order valence-corrected chi connectivity index (χ2v) is 11.2. The maximum atomic E-state index is 9.63. The molecule has 1 heterocycles. The number of nitrogens with zero attached hydrogens (tertiary/aromatic N) is 2. The summed E-state index contributed by atoms with van der Waals surface area (Å²) in [6.45, 7) is 0. The molecule has 6 aromatic carbocycles. The van der Waals surface area contributed by atoms with Gasteiger partial charge >= 0.3 is 0 Å². The third kappa shape index (κ3) is 3.81. The van der Waals surface area contributed by atoms with E-state index >= 15 is 0 Å². The standard InChI is InChI=1S/C41H24N2O/c42-25-27-7-5-9-31(21-27)33-19-17-29-15-16-30-18-20-34(32-10-6-8-28(22-32)26-43)24-38(30)41(37(29)23-33)35-11-1-3-13-39(35)44-40-14-4-2-12-36(40)41/h1-24H. The molecule has 0 aromatic heterocycles. The van der Waals surface area contributed by atoms with Crippen LogP contribution >= 0.6 is 0 Å². The van der Waals surface area contributed by atoms with Crippen molar-refractivity contribution < 1.29 is 4.74 Å². The van der Waals surface area contributed by atoms with Gasteiger partial charge in [0.25, 0.3) is 0 Å². The van der Waals surface area contributed by atoms with E-state index in [0.717, 1.165) is 67.1 Å². The molecule has 0 unspecified atom stereocenters. The quantitative estimate of drug-likeness (QED) is 0.211. The fraction of sp³-hybridized carbons (Fsp3) is 0.0244. The van der Waals surface area contributed by atoms with E-state index in [9.17, 15) is 10.5 Å². The number of hydrogen-bond acceptors (Lipinski definition) is 3. The molecule has 0 radical (unpaired) electrons. The lowest BCUT2D eigenvalue weighted by molar-refractivity contribution is 0.434. The van der Waals surface area contributed by atoms with Crippen molar-refractivity contribution in [2.45, 2.75) is 5.41 Å². The van der Waals surface area contributed by atoms with Gasteiger partial charge in [0.1, 0.15) is 11.5 Å². The van der Waals surface area contributed by atoms with Gasteiger partial charge in [-0.15, -0.1) is 0 Å². The summed E-state index contributed by atoms with van der Waals surface area (Å²) in [7, 11) is 0. The van der Waals surface area contributed by atoms with Crippen molar-refractivity contribution in [3.63, 3.8) is 0 Å². The molecule has 0 amide bonds. The van der Waals surface area contributed by atoms with Crippen LogP contribution in [0.1, 0.15) is 44.5 Å². The molecule has 1 aliphatic carbocycles. The van der Waals surface area contributed by atoms with Gasteiger partial charge in [0.15, 0.2) is 0 Å². The summed E-state index contributed by atoms with van der Waals surface area (Å²) in [5.41, 5.74) is 11.2. The van der Waals surface area contributed by atoms with Crippen LogP contribution < -0.4 is 4.74 Å². The number of fused-ring (bicyclic) bond motifs is 8. The van der Waals surface area contributed by atoms with Crippen molar-refractivity contribution in [3.05, 3.63) is 178 Å². The predicted octanol–water partition coefficient (Wildman–Crippen LogP) is 9.74. The summed E-state index contributed by atoms with van der Waals surface area (Å²) in [6, 6.07) is 50.0. The van der Waals surface area contributed by atoms with E-state index in [-0.39, 0.29) is 0 Å². The SMILES string of the molecule is N#Cc1cccc(-c2ccc3c(c2)C2(c4cc(-c5cccc(C#N)c5)ccc4C=C3)c3ccccc3Oc3ccccc32)c1. The summed E-state index contributed by atoms with van der Waals surface area (Å²) in [4.78, 5) is 0. The lowest BCUT2D eigenvalue weighted by Crippen LogP contribution is -2.35. The van der Waals surface area contributed by atoms with E-state index in [1.54, 1.807) is 0 Å². The third-order valence-electron chi connectivity index (χ3n) is 8.81. The molecule has 1 spiro atoms. The second kappa shape index (κ2) is 9.99. The summed E-state index contributed by atoms with van der Waals surface area (Å²) < 4.78 is 6.57. The van der Waals surface area contributed by atoms with E-state index in [1.807, 2.05) is 60.7 Å². The molecule has 0 saturated carbocycles. The lowest BCUT2D eigenvalue weighted by atomic mass is 9.61. The monoisotopic (exact) mass is 560 g/mol. The molecule has 204 valence electrons. The van der Waals surface area contributed by atoms with Crippen LogP contribution in [0, 0.1) is 22.7 Å². The predicted molar refractivity (Wildman–Crippen MR) is 174 cm³/mol. The molecule has 44 heavy (non-hydrogen) atoms. The Morgan fingerprint density at radius 1 is 0.432 bits per heavy atom. The third-order valence-corrected chi connectivity index (χ3v) is 8.81. The van der Waals surface area contributed by atoms with E-state index < -0.39 is 5.41 Å². The average Bonchev–Trinajstić information content (AvgIpc) is 3.23. The molecule has 8 rings (SSSR count). The Balaban J connectivity index is 1.50. The first-order valence-corrected chi connectivity index (χ1v) is 14.5. The highest BCUT2D eigenvalue weighted by atomic mass is 16.5. The number of hydrogen-bond donors (Lipinski definition) is 0. The molecule has 3 heteroatoms. The number of rotatable bonds is 2. The van der Waals surface area contributed by atoms with E-state index in [1.165, 1.54) is 0 Å². The topological polar surface area (TPSA) is 56.8 Å². The molecule has 0 saturated heterocycles. The Morgan fingerprint density at radius 2 is 0.886 bits per heavy atom. The van der Waals surface area contributed by atoms with E-state index in [0.29, 0.717) is 11.1 Å². The van der Waals surface area contributed by atoms with Crippen LogP contribution in [0.4, 0.5) is 0 Å². The molecular weight excluding hydrogens is 536 g/mol. The Labute approximate surface area is 256 Å². The van der Waals surface area contributed by atoms with Crippen molar-refractivity contribution in [1.82, 2.24) is 0 Å². The Hall–Kier alpha value is -6.16. The highest BCUT2D eigenvalue weighted by Crippen LogP contribution is 2.58. The normalized spacial score (nSPS) is 13.2. The molecule has 0 atom stereocenters. The van der Waals surface area contributed by atoms with Crippen LogP contribution in [-0.4, -0.2) is 0 Å². The van der Waals surface area contributed by atoms with E-state index in [2.05, 4.69) is 97.1 Å². The molecule has 0 bridgehead atoms. The maximum Gasteiger partial charge on any atom is 0.132 e. The Morgan fingerprint density at radius 3 is 1.36 bits per heavy atom. The molecule has 3 nitrogen and oxygen atoms in total. The van der Waals surface area contributed by atoms with Crippen molar-refractivity contribution in [2.24, 2.45) is 0 Å². The minimum absolute atomic E-state index is 0.628. The first kappa shape index (κ1) is 25.5. The van der Waals surface area contributed by atoms with E-state index in [4.69, 9.17) is 4.74 Å². The first-order chi connectivity index (χ1) is 21.7. The molecule has 0 fully saturated rings. The fourth-order valence-electron chi connectivity index (χ4n) is 6.85. The lowest BCUT2D eigenvalue weighted by Gasteiger charge is -2.42. The van der Waals surface area contributed by atoms with Crippen molar-refractivity contribution in [3.8, 4) is 45.9 Å². The minimum atomic E-state index is -0.717. The minimum Gasteiger partial charge on any atom is -0.457 e. The zero-order valence-corrected chi connectivity index (χ0v) is 23.7. The van der Waals surface area contributed by atoms with Crippen LogP contribution in [0.15, 0.2) is 133 Å². The highest BCUT2D eigenvalue weighted by molar-refractivity contribution is 5.87. The van der Waals surface area contributed by atoms with Gasteiger partial charge in [-0.3, -0.25) is 0 Å². The number of nitriles is 2. The summed E-state index contributed by atoms with van der Waals surface area (Å²) in [6.07, 6.45) is 4.41. The zero-order valence-electron chi connectivity index (χ0n) is 23.7. The first-order valence-electron chi connectivity index (χ1n) is 14.5. The van der Waals surface area contributed by atoms with Crippen LogP contribution in [0.2, 0.25) is 0 Å². The van der Waals surface area contributed by atoms with Crippen LogP contribution in [0.5, 0.6) is 11.5 Å². The molecule has 0 N–H and O–H groups in total. The fourth-order valence-corrected chi connectivity index (χ4v) is 6.85. The largest absolute Gasteiger partial charge is 0.457 e. The van der Waals surface area contributed by atoms with Crippen LogP contribution in [0.25, 0.3) is 34.4 Å². The van der Waals surface area contributed by atoms with Crippen molar-refractivity contribution in [1.29, 1.82) is 10.5 Å². The smallest absolute Gasteiger partial charge is 0.132 e. The van der Waals surface area contributed by atoms with Crippen LogP contribution in [0.3, 0.4) is 0 Å². The summed E-state index contributed by atoms with van der Waals surface area (Å²) >= 11 is 0. The van der Waals surface area contributed by atoms with Gasteiger partial charge < -0.3 is 4.74 Å². The number of benzene rings is 6. The average molecular weight is 561 g/mol. The van der Waals surface area contributed by atoms with Gasteiger partial charge in [0.05, 0.1) is 28.7 Å². The van der Waals surface area contributed by atoms with Crippen molar-refractivity contribution in [2.75, 3.05) is 0 Å². The highest BCUT2D eigenvalue weighted by Gasteiger charge is 2.48. The van der Waals surface area contributed by atoms with Gasteiger partial charge in [-0.2, -0.15) is 10.5 Å². The van der Waals surface area contributed by atoms with Gasteiger partial charge in [0, 0.05) is 11.1 Å². The Kier molecular flexibility index (Phi) is 5.80. The molecule has 2 aliphatic rings. The molecular formula is C41H24N2O. The van der Waals surface area contributed by atoms with Gasteiger partial charge in [0.2, 0.25) is 0 Å². The van der Waals surface area contributed by atoms with Gasteiger partial charge in [-0.1, -0.05) is 97.1 Å². The van der Waals surface area contributed by atoms with Gasteiger partial charge in [-0.05, 0) is 93.0 Å². The van der Waals surface area contributed by atoms with Crippen LogP contribution in [-0.2, 0) is 5.41 Å². The molecule has 6 aromatic rings. The van der Waals surface area contributed by atoms with Crippen molar-refractivity contribution >= 4 is 12.2 Å². The zero-order chi connectivity index (χ0) is 29.7. The number of para-hydroxylation sites is 2. The second-order valence-electron chi connectivity index (χ2n) is 11.2. The summed E-state index contributed by atoms with van der Waals surface area (Å²) in [5, 5.41) is 19.3. The maximum absolute atomic E-state index is 9.63. The molecule has 1 aliphatic heterocycles.